The zero-order valence-electron chi connectivity index (χ0n) is 5.96. The highest BCUT2D eigenvalue weighted by Gasteiger charge is 2.06. The molecule has 12 heavy (non-hydrogen) atoms. The van der Waals surface area contributed by atoms with E-state index in [4.69, 9.17) is 5.84 Å². The van der Waals surface area contributed by atoms with Gasteiger partial charge in [-0.1, -0.05) is 15.9 Å². The fourth-order valence-corrected chi connectivity index (χ4v) is 1.49. The third-order valence-corrected chi connectivity index (χ3v) is 2.09. The molecule has 2 N–H and O–H groups in total. The van der Waals surface area contributed by atoms with Crippen LogP contribution in [0.1, 0.15) is 0 Å². The Labute approximate surface area is 76.1 Å². The molecule has 1 heterocycles. The van der Waals surface area contributed by atoms with Crippen LogP contribution < -0.4 is 5.84 Å². The number of aromatic nitrogens is 2. The van der Waals surface area contributed by atoms with E-state index in [0.717, 1.165) is 4.79 Å². The van der Waals surface area contributed by atoms with Crippen molar-refractivity contribution in [1.82, 2.24) is 9.89 Å². The Kier molecular flexibility index (Phi) is 1.54. The number of nitrogens with zero attached hydrogens (tertiary/aromatic N) is 2. The largest absolute Gasteiger partial charge is 0.323 e. The molecule has 0 fully saturated rings. The summed E-state index contributed by atoms with van der Waals surface area (Å²) in [6.45, 7) is 0. The highest BCUT2D eigenvalue weighted by Crippen LogP contribution is 2.21. The lowest BCUT2D eigenvalue weighted by atomic mass is 10.2. The Morgan fingerprint density at radius 3 is 3.00 bits per heavy atom. The lowest BCUT2D eigenvalue weighted by Gasteiger charge is -1.95. The molecule has 1 aromatic heterocycles. The second kappa shape index (κ2) is 2.45. The number of benzene rings is 1. The van der Waals surface area contributed by atoms with Crippen molar-refractivity contribution in [2.75, 3.05) is 5.84 Å². The van der Waals surface area contributed by atoms with E-state index in [9.17, 15) is 4.39 Å². The molecule has 0 atom stereocenters. The van der Waals surface area contributed by atoms with Gasteiger partial charge >= 0.3 is 0 Å². The lowest BCUT2D eigenvalue weighted by molar-refractivity contribution is 0.639. The molecule has 62 valence electrons. The number of hydrogen-bond donors (Lipinski definition) is 1. The van der Waals surface area contributed by atoms with Crippen LogP contribution >= 0.6 is 15.9 Å². The maximum Gasteiger partial charge on any atom is 0.135 e. The zero-order chi connectivity index (χ0) is 8.72. The van der Waals surface area contributed by atoms with Crippen molar-refractivity contribution in [3.63, 3.8) is 0 Å². The van der Waals surface area contributed by atoms with Crippen molar-refractivity contribution in [2.45, 2.75) is 0 Å². The first kappa shape index (κ1) is 7.54. The summed E-state index contributed by atoms with van der Waals surface area (Å²) in [5, 5.41) is 4.16. The fraction of sp³-hybridized carbons (Fsp3) is 0. The zero-order valence-corrected chi connectivity index (χ0v) is 7.55. The number of hydrogen-bond acceptors (Lipinski definition) is 2. The van der Waals surface area contributed by atoms with Crippen molar-refractivity contribution in [3.8, 4) is 0 Å². The third kappa shape index (κ3) is 0.972. The van der Waals surface area contributed by atoms with Gasteiger partial charge in [-0.05, 0) is 12.1 Å². The van der Waals surface area contributed by atoms with E-state index in [2.05, 4.69) is 21.0 Å². The van der Waals surface area contributed by atoms with Crippen molar-refractivity contribution in [3.05, 3.63) is 28.6 Å². The van der Waals surface area contributed by atoms with E-state index < -0.39 is 0 Å². The average molecular weight is 230 g/mol. The molecule has 5 heteroatoms. The number of rotatable bonds is 0. The van der Waals surface area contributed by atoms with Gasteiger partial charge in [-0.2, -0.15) is 9.89 Å². The van der Waals surface area contributed by atoms with Crippen LogP contribution in [-0.2, 0) is 0 Å². The summed E-state index contributed by atoms with van der Waals surface area (Å²) in [6.07, 6.45) is 1.40. The molecular weight excluding hydrogens is 225 g/mol. The van der Waals surface area contributed by atoms with Gasteiger partial charge in [0.25, 0.3) is 0 Å². The second-order valence-electron chi connectivity index (χ2n) is 2.41. The average Bonchev–Trinajstić information content (AvgIpc) is 2.33. The maximum atomic E-state index is 13.1. The van der Waals surface area contributed by atoms with E-state index in [-0.39, 0.29) is 5.82 Å². The lowest BCUT2D eigenvalue weighted by Crippen LogP contribution is -2.08. The van der Waals surface area contributed by atoms with Crippen LogP contribution in [0, 0.1) is 5.82 Å². The quantitative estimate of drug-likeness (QED) is 0.699. The Hall–Kier alpha value is -1.10. The Morgan fingerprint density at radius 1 is 1.50 bits per heavy atom. The molecule has 0 amide bonds. The van der Waals surface area contributed by atoms with E-state index in [1.807, 2.05) is 0 Å². The number of nitrogens with two attached hydrogens (primary N) is 1. The molecule has 0 saturated heterocycles. The SMILES string of the molecule is Nn1ncc2c(F)cc(Br)cc21. The fourth-order valence-electron chi connectivity index (χ4n) is 1.07. The van der Waals surface area contributed by atoms with Crippen LogP contribution in [0.4, 0.5) is 4.39 Å². The monoisotopic (exact) mass is 229 g/mol. The van der Waals surface area contributed by atoms with Gasteiger partial charge in [-0.15, -0.1) is 0 Å². The molecular formula is C7H5BrFN3. The van der Waals surface area contributed by atoms with Crippen LogP contribution in [0.2, 0.25) is 0 Å². The highest BCUT2D eigenvalue weighted by molar-refractivity contribution is 9.10. The predicted octanol–water partition coefficient (Wildman–Crippen LogP) is 1.65. The van der Waals surface area contributed by atoms with Gasteiger partial charge in [0.05, 0.1) is 17.1 Å². The molecule has 2 rings (SSSR count). The first-order chi connectivity index (χ1) is 5.68. The van der Waals surface area contributed by atoms with E-state index in [0.29, 0.717) is 15.4 Å². The van der Waals surface area contributed by atoms with Gasteiger partial charge in [0, 0.05) is 4.47 Å². The van der Waals surface area contributed by atoms with Crippen LogP contribution in [0.25, 0.3) is 10.9 Å². The third-order valence-electron chi connectivity index (χ3n) is 1.63. The molecule has 2 aromatic rings. The van der Waals surface area contributed by atoms with Crippen LogP contribution in [0.3, 0.4) is 0 Å². The maximum absolute atomic E-state index is 13.1. The van der Waals surface area contributed by atoms with Crippen molar-refractivity contribution in [2.24, 2.45) is 0 Å². The Bertz CT molecular complexity index is 437. The first-order valence-electron chi connectivity index (χ1n) is 3.26. The van der Waals surface area contributed by atoms with Crippen LogP contribution in [0.5, 0.6) is 0 Å². The van der Waals surface area contributed by atoms with Gasteiger partial charge in [0.2, 0.25) is 0 Å². The summed E-state index contributed by atoms with van der Waals surface area (Å²) in [5.41, 5.74) is 0.571. The van der Waals surface area contributed by atoms with Crippen LogP contribution in [-0.4, -0.2) is 9.89 Å². The summed E-state index contributed by atoms with van der Waals surface area (Å²) < 4.78 is 13.8. The number of fused-ring (bicyclic) bond motifs is 1. The van der Waals surface area contributed by atoms with E-state index >= 15 is 0 Å². The molecule has 0 spiro atoms. The van der Waals surface area contributed by atoms with Crippen molar-refractivity contribution in [1.29, 1.82) is 0 Å². The molecule has 0 aliphatic rings. The minimum absolute atomic E-state index is 0.323. The summed E-state index contributed by atoms with van der Waals surface area (Å²) >= 11 is 3.17. The smallest absolute Gasteiger partial charge is 0.135 e. The van der Waals surface area contributed by atoms with E-state index in [1.165, 1.54) is 12.3 Å². The molecule has 3 nitrogen and oxygen atoms in total. The van der Waals surface area contributed by atoms with Crippen molar-refractivity contribution >= 4 is 26.8 Å². The molecule has 0 aliphatic carbocycles. The minimum atomic E-state index is -0.323. The number of halogens is 2. The minimum Gasteiger partial charge on any atom is -0.323 e. The van der Waals surface area contributed by atoms with Gasteiger partial charge in [0.1, 0.15) is 5.82 Å². The molecule has 0 bridgehead atoms. The second-order valence-corrected chi connectivity index (χ2v) is 3.33. The summed E-state index contributed by atoms with van der Waals surface area (Å²) in [5.74, 6) is 5.11. The van der Waals surface area contributed by atoms with Gasteiger partial charge < -0.3 is 5.84 Å². The summed E-state index contributed by atoms with van der Waals surface area (Å²) in [6, 6.07) is 3.09. The Morgan fingerprint density at radius 2 is 2.25 bits per heavy atom. The van der Waals surface area contributed by atoms with Gasteiger partial charge in [0.15, 0.2) is 0 Å². The normalized spacial score (nSPS) is 10.8. The van der Waals surface area contributed by atoms with Crippen molar-refractivity contribution < 1.29 is 4.39 Å². The molecule has 0 saturated carbocycles. The highest BCUT2D eigenvalue weighted by atomic mass is 79.9. The molecule has 1 aromatic carbocycles. The number of nitrogen functional groups attached to an aromatic ring is 1. The summed E-state index contributed by atoms with van der Waals surface area (Å²) in [4.78, 5) is 1.14. The molecule has 0 radical (unpaired) electrons. The first-order valence-corrected chi connectivity index (χ1v) is 4.05. The molecule has 0 unspecified atom stereocenters. The van der Waals surface area contributed by atoms with Gasteiger partial charge in [-0.3, -0.25) is 0 Å². The standard InChI is InChI=1S/C7H5BrFN3/c8-4-1-6(9)5-3-11-12(10)7(5)2-4/h1-3H,10H2. The van der Waals surface area contributed by atoms with E-state index in [1.54, 1.807) is 6.07 Å². The Balaban J connectivity index is 2.92. The molecule has 0 aliphatic heterocycles. The van der Waals surface area contributed by atoms with Crippen LogP contribution in [0.15, 0.2) is 22.8 Å². The van der Waals surface area contributed by atoms with Gasteiger partial charge in [-0.25, -0.2) is 4.39 Å². The summed E-state index contributed by atoms with van der Waals surface area (Å²) in [7, 11) is 0. The predicted molar refractivity (Wildman–Crippen MR) is 47.5 cm³/mol. The topological polar surface area (TPSA) is 43.8 Å².